The number of ketones is 1. The fourth-order valence-corrected chi connectivity index (χ4v) is 5.99. The SMILES string of the molecule is CC1=NC2C(CC[C@H]3[C@H](C)C(=O)C(C#N)=C[C@]23C)N1c1cccc(-c2cncnc2)c1. The van der Waals surface area contributed by atoms with Crippen molar-refractivity contribution >= 4 is 17.3 Å². The molecule has 1 aromatic carbocycles. The summed E-state index contributed by atoms with van der Waals surface area (Å²) in [5.41, 5.74) is 3.14. The summed E-state index contributed by atoms with van der Waals surface area (Å²) >= 11 is 0. The molecule has 0 spiro atoms. The Labute approximate surface area is 182 Å². The Balaban J connectivity index is 1.54. The fourth-order valence-electron chi connectivity index (χ4n) is 5.99. The molecule has 156 valence electrons. The van der Waals surface area contributed by atoms with E-state index in [2.05, 4.69) is 59.1 Å². The van der Waals surface area contributed by atoms with Gasteiger partial charge in [-0.2, -0.15) is 5.26 Å². The number of rotatable bonds is 2. The van der Waals surface area contributed by atoms with Crippen molar-refractivity contribution in [3.05, 3.63) is 54.6 Å². The van der Waals surface area contributed by atoms with Crippen LogP contribution in [-0.2, 0) is 4.79 Å². The molecule has 1 aliphatic heterocycles. The molecule has 1 saturated carbocycles. The van der Waals surface area contributed by atoms with Crippen LogP contribution in [0.5, 0.6) is 0 Å². The van der Waals surface area contributed by atoms with Gasteiger partial charge in [0.2, 0.25) is 0 Å². The Kier molecular flexibility index (Phi) is 4.51. The van der Waals surface area contributed by atoms with Crippen molar-refractivity contribution in [1.29, 1.82) is 5.26 Å². The molecule has 31 heavy (non-hydrogen) atoms. The summed E-state index contributed by atoms with van der Waals surface area (Å²) in [4.78, 5) is 28.3. The van der Waals surface area contributed by atoms with E-state index in [0.29, 0.717) is 5.57 Å². The monoisotopic (exact) mass is 411 g/mol. The normalized spacial score (nSPS) is 31.9. The van der Waals surface area contributed by atoms with Gasteiger partial charge < -0.3 is 4.90 Å². The van der Waals surface area contributed by atoms with E-state index in [1.807, 2.05) is 25.4 Å². The van der Waals surface area contributed by atoms with E-state index >= 15 is 0 Å². The van der Waals surface area contributed by atoms with Crippen LogP contribution in [-0.4, -0.2) is 33.7 Å². The minimum absolute atomic E-state index is 0.0169. The number of amidine groups is 1. The molecule has 0 radical (unpaired) electrons. The number of Topliss-reactive ketones (excluding diaryl/α,β-unsaturated/α-hetero) is 1. The van der Waals surface area contributed by atoms with E-state index in [0.717, 1.165) is 35.5 Å². The Morgan fingerprint density at radius 3 is 2.71 bits per heavy atom. The van der Waals surface area contributed by atoms with Gasteiger partial charge in [0.1, 0.15) is 18.2 Å². The molecule has 1 aromatic heterocycles. The maximum atomic E-state index is 12.6. The van der Waals surface area contributed by atoms with Crippen molar-refractivity contribution in [3.63, 3.8) is 0 Å². The Hall–Kier alpha value is -3.33. The van der Waals surface area contributed by atoms with Crippen molar-refractivity contribution in [2.45, 2.75) is 45.7 Å². The standard InChI is InChI=1S/C25H25N5O/c1-15-21-7-8-22-24(25(21,3)10-18(11-26)23(15)31)29-16(2)30(22)20-6-4-5-17(9-20)19-12-27-14-28-13-19/h4-6,9-10,12-15,21-22,24H,7-8H2,1-3H3/t15-,21-,22?,24?,25-/m0/s1. The van der Waals surface area contributed by atoms with Gasteiger partial charge in [-0.1, -0.05) is 32.1 Å². The van der Waals surface area contributed by atoms with Crippen LogP contribution < -0.4 is 4.90 Å². The Morgan fingerprint density at radius 2 is 1.97 bits per heavy atom. The maximum Gasteiger partial charge on any atom is 0.176 e. The number of nitriles is 1. The first kappa shape index (κ1) is 19.6. The number of anilines is 1. The molecular weight excluding hydrogens is 386 g/mol. The highest BCUT2D eigenvalue weighted by atomic mass is 16.1. The van der Waals surface area contributed by atoms with Gasteiger partial charge in [-0.15, -0.1) is 0 Å². The molecule has 6 heteroatoms. The number of aliphatic imine (C=N–C) groups is 1. The van der Waals surface area contributed by atoms with Crippen LogP contribution in [0.1, 0.15) is 33.6 Å². The molecular formula is C25H25N5O. The van der Waals surface area contributed by atoms with Gasteiger partial charge in [0.05, 0.1) is 17.7 Å². The first-order valence-corrected chi connectivity index (χ1v) is 10.8. The van der Waals surface area contributed by atoms with E-state index < -0.39 is 0 Å². The van der Waals surface area contributed by atoms with Gasteiger partial charge in [0.25, 0.3) is 0 Å². The van der Waals surface area contributed by atoms with E-state index in [1.54, 1.807) is 0 Å². The molecule has 2 aromatic rings. The highest BCUT2D eigenvalue weighted by Gasteiger charge is 2.56. The van der Waals surface area contributed by atoms with E-state index in [1.165, 1.54) is 6.33 Å². The van der Waals surface area contributed by atoms with Crippen LogP contribution >= 0.6 is 0 Å². The molecule has 2 heterocycles. The van der Waals surface area contributed by atoms with Gasteiger partial charge >= 0.3 is 0 Å². The smallest absolute Gasteiger partial charge is 0.176 e. The van der Waals surface area contributed by atoms with Crippen molar-refractivity contribution in [3.8, 4) is 17.2 Å². The topological polar surface area (TPSA) is 82.2 Å². The average molecular weight is 412 g/mol. The van der Waals surface area contributed by atoms with Crippen molar-refractivity contribution < 1.29 is 4.79 Å². The lowest BCUT2D eigenvalue weighted by Crippen LogP contribution is -2.55. The van der Waals surface area contributed by atoms with Crippen LogP contribution in [0.4, 0.5) is 5.69 Å². The zero-order valence-corrected chi connectivity index (χ0v) is 18.0. The quantitative estimate of drug-likeness (QED) is 0.739. The third-order valence-electron chi connectivity index (χ3n) is 7.46. The Bertz CT molecular complexity index is 1150. The molecule has 0 N–H and O–H groups in total. The highest BCUT2D eigenvalue weighted by Crippen LogP contribution is 2.54. The average Bonchev–Trinajstić information content (AvgIpc) is 3.14. The molecule has 0 amide bonds. The number of hydrogen-bond acceptors (Lipinski definition) is 6. The first-order chi connectivity index (χ1) is 14.9. The summed E-state index contributed by atoms with van der Waals surface area (Å²) in [6, 6.07) is 10.8. The first-order valence-electron chi connectivity index (χ1n) is 10.8. The molecule has 0 saturated heterocycles. The van der Waals surface area contributed by atoms with E-state index in [4.69, 9.17) is 4.99 Å². The number of carbonyl (C=O) groups is 1. The van der Waals surface area contributed by atoms with E-state index in [9.17, 15) is 10.1 Å². The van der Waals surface area contributed by atoms with Crippen LogP contribution in [0, 0.1) is 28.6 Å². The zero-order valence-electron chi connectivity index (χ0n) is 18.0. The van der Waals surface area contributed by atoms with Crippen LogP contribution in [0.2, 0.25) is 0 Å². The van der Waals surface area contributed by atoms with Gasteiger partial charge in [0, 0.05) is 35.0 Å². The van der Waals surface area contributed by atoms with Gasteiger partial charge in [-0.05, 0) is 43.4 Å². The summed E-state index contributed by atoms with van der Waals surface area (Å²) in [6.45, 7) is 6.22. The molecule has 3 aliphatic rings. The second-order valence-electron chi connectivity index (χ2n) is 9.11. The predicted molar refractivity (Wildman–Crippen MR) is 119 cm³/mol. The van der Waals surface area contributed by atoms with Gasteiger partial charge in [0.15, 0.2) is 5.78 Å². The summed E-state index contributed by atoms with van der Waals surface area (Å²) in [5.74, 6) is 1.03. The molecule has 1 fully saturated rings. The molecule has 5 atom stereocenters. The number of carbonyl (C=O) groups excluding carboxylic acids is 1. The molecule has 5 rings (SSSR count). The summed E-state index contributed by atoms with van der Waals surface area (Å²) < 4.78 is 0. The minimum atomic E-state index is -0.303. The number of allylic oxidation sites excluding steroid dienone is 1. The minimum Gasteiger partial charge on any atom is -0.325 e. The number of nitrogens with zero attached hydrogens (tertiary/aromatic N) is 5. The van der Waals surface area contributed by atoms with Crippen LogP contribution in [0.15, 0.2) is 59.6 Å². The second kappa shape index (κ2) is 7.12. The highest BCUT2D eigenvalue weighted by molar-refractivity contribution is 6.02. The summed E-state index contributed by atoms with van der Waals surface area (Å²) in [7, 11) is 0. The fraction of sp³-hybridized carbons (Fsp3) is 0.400. The predicted octanol–water partition coefficient (Wildman–Crippen LogP) is 4.20. The van der Waals surface area contributed by atoms with Gasteiger partial charge in [-0.25, -0.2) is 9.97 Å². The van der Waals surface area contributed by atoms with E-state index in [-0.39, 0.29) is 35.1 Å². The lowest BCUT2D eigenvalue weighted by molar-refractivity contribution is -0.123. The summed E-state index contributed by atoms with van der Waals surface area (Å²) in [5, 5.41) is 9.55. The number of aromatic nitrogens is 2. The number of fused-ring (bicyclic) bond motifs is 3. The lowest BCUT2D eigenvalue weighted by atomic mass is 9.55. The molecule has 0 bridgehead atoms. The third-order valence-corrected chi connectivity index (χ3v) is 7.46. The van der Waals surface area contributed by atoms with Gasteiger partial charge in [-0.3, -0.25) is 9.79 Å². The van der Waals surface area contributed by atoms with Crippen LogP contribution in [0.25, 0.3) is 11.1 Å². The molecule has 2 aliphatic carbocycles. The second-order valence-corrected chi connectivity index (χ2v) is 9.11. The molecule has 6 nitrogen and oxygen atoms in total. The maximum absolute atomic E-state index is 12.6. The zero-order chi connectivity index (χ0) is 21.8. The summed E-state index contributed by atoms with van der Waals surface area (Å²) in [6.07, 6.45) is 9.02. The van der Waals surface area contributed by atoms with Crippen molar-refractivity contribution in [2.24, 2.45) is 22.2 Å². The lowest BCUT2D eigenvalue weighted by Gasteiger charge is -2.51. The number of benzene rings is 1. The third kappa shape index (κ3) is 2.91. The number of hydrogen-bond donors (Lipinski definition) is 0. The largest absolute Gasteiger partial charge is 0.325 e. The van der Waals surface area contributed by atoms with Crippen molar-refractivity contribution in [2.75, 3.05) is 4.90 Å². The molecule has 2 unspecified atom stereocenters. The van der Waals surface area contributed by atoms with Crippen LogP contribution in [0.3, 0.4) is 0 Å². The Morgan fingerprint density at radius 1 is 1.19 bits per heavy atom. The van der Waals surface area contributed by atoms with Crippen molar-refractivity contribution in [1.82, 2.24) is 9.97 Å².